The van der Waals surface area contributed by atoms with Crippen molar-refractivity contribution in [1.29, 1.82) is 0 Å². The summed E-state index contributed by atoms with van der Waals surface area (Å²) >= 11 is 0. The summed E-state index contributed by atoms with van der Waals surface area (Å²) in [5, 5.41) is 10.0. The zero-order valence-electron chi connectivity index (χ0n) is 15.0. The van der Waals surface area contributed by atoms with Crippen LogP contribution in [0.1, 0.15) is 37.9 Å². The van der Waals surface area contributed by atoms with Crippen molar-refractivity contribution >= 4 is 22.8 Å². The molecule has 0 atom stereocenters. The van der Waals surface area contributed by atoms with Gasteiger partial charge in [-0.1, -0.05) is 37.8 Å². The van der Waals surface area contributed by atoms with E-state index in [1.54, 1.807) is 18.2 Å². The Hall–Kier alpha value is -3.03. The van der Waals surface area contributed by atoms with E-state index >= 15 is 0 Å². The van der Waals surface area contributed by atoms with E-state index in [1.807, 2.05) is 6.07 Å². The van der Waals surface area contributed by atoms with Crippen LogP contribution in [0.2, 0.25) is 0 Å². The monoisotopic (exact) mass is 366 g/mol. The number of rotatable bonds is 6. The molecule has 4 rings (SSSR count). The van der Waals surface area contributed by atoms with Gasteiger partial charge in [0.2, 0.25) is 11.9 Å². The molecule has 0 aliphatic heterocycles. The quantitative estimate of drug-likeness (QED) is 0.696. The topological polar surface area (TPSA) is 106 Å². The van der Waals surface area contributed by atoms with Gasteiger partial charge in [-0.15, -0.1) is 5.10 Å². The Labute approximate surface area is 156 Å². The molecule has 0 radical (unpaired) electrons. The lowest BCUT2D eigenvalue weighted by molar-refractivity contribution is -0.116. The molecular weight excluding hydrogens is 344 g/mol. The Kier molecular flexibility index (Phi) is 4.95. The number of para-hydroxylation sites is 1. The van der Waals surface area contributed by atoms with E-state index in [4.69, 9.17) is 0 Å². The van der Waals surface area contributed by atoms with Gasteiger partial charge in [0, 0.05) is 6.42 Å². The summed E-state index contributed by atoms with van der Waals surface area (Å²) in [6.07, 6.45) is 8.56. The Morgan fingerprint density at radius 2 is 2.07 bits per heavy atom. The molecule has 2 aromatic heterocycles. The maximum Gasteiger partial charge on any atom is 0.261 e. The second kappa shape index (κ2) is 7.69. The Morgan fingerprint density at radius 1 is 1.26 bits per heavy atom. The Balaban J connectivity index is 1.37. The average Bonchev–Trinajstić information content (AvgIpc) is 3.34. The van der Waals surface area contributed by atoms with Crippen LogP contribution in [-0.2, 0) is 17.8 Å². The van der Waals surface area contributed by atoms with Crippen LogP contribution >= 0.6 is 0 Å². The van der Waals surface area contributed by atoms with Crippen LogP contribution in [0.15, 0.2) is 35.4 Å². The predicted molar refractivity (Wildman–Crippen MR) is 101 cm³/mol. The maximum absolute atomic E-state index is 12.4. The number of aromatic nitrogens is 5. The molecule has 0 saturated heterocycles. The lowest BCUT2D eigenvalue weighted by atomic mass is 10.0. The summed E-state index contributed by atoms with van der Waals surface area (Å²) in [5.74, 6) is 1.43. The van der Waals surface area contributed by atoms with Crippen molar-refractivity contribution in [2.45, 2.75) is 45.1 Å². The molecule has 2 N–H and O–H groups in total. The summed E-state index contributed by atoms with van der Waals surface area (Å²) in [6.45, 7) is -0.136. The molecule has 1 aliphatic carbocycles. The molecule has 0 bridgehead atoms. The van der Waals surface area contributed by atoms with E-state index < -0.39 is 0 Å². The third-order valence-electron chi connectivity index (χ3n) is 5.09. The smallest absolute Gasteiger partial charge is 0.261 e. The number of hydrogen-bond donors (Lipinski definition) is 2. The first kappa shape index (κ1) is 17.4. The van der Waals surface area contributed by atoms with Crippen LogP contribution in [0.3, 0.4) is 0 Å². The van der Waals surface area contributed by atoms with Crippen LogP contribution < -0.4 is 10.9 Å². The molecule has 8 nitrogen and oxygen atoms in total. The third kappa shape index (κ3) is 4.05. The molecule has 1 fully saturated rings. The zero-order valence-corrected chi connectivity index (χ0v) is 15.0. The van der Waals surface area contributed by atoms with E-state index in [-0.39, 0.29) is 24.0 Å². The molecular formula is C19H22N6O2. The van der Waals surface area contributed by atoms with Gasteiger partial charge in [0.1, 0.15) is 12.4 Å². The number of carbonyl (C=O) groups excluding carboxylic acids is 1. The van der Waals surface area contributed by atoms with Crippen LogP contribution in [0, 0.1) is 5.92 Å². The number of carbonyl (C=O) groups is 1. The molecule has 1 amide bonds. The normalized spacial score (nSPS) is 14.7. The minimum atomic E-state index is -0.365. The number of aryl methyl sites for hydroxylation is 1. The molecule has 3 aromatic rings. The molecule has 8 heteroatoms. The SMILES string of the molecule is O=C(Cn1cnc2ccccc2c1=O)Nc1n[nH]c(CCC2CCCC2)n1. The van der Waals surface area contributed by atoms with Crippen LogP contribution in [0.4, 0.5) is 5.95 Å². The first-order valence-corrected chi connectivity index (χ1v) is 9.34. The van der Waals surface area contributed by atoms with Crippen molar-refractivity contribution in [3.8, 4) is 0 Å². The number of anilines is 1. The highest BCUT2D eigenvalue weighted by Crippen LogP contribution is 2.28. The lowest BCUT2D eigenvalue weighted by Crippen LogP contribution is -2.28. The van der Waals surface area contributed by atoms with Crippen molar-refractivity contribution in [3.63, 3.8) is 0 Å². The van der Waals surface area contributed by atoms with Crippen molar-refractivity contribution in [2.75, 3.05) is 5.32 Å². The van der Waals surface area contributed by atoms with Gasteiger partial charge in [0.05, 0.1) is 17.2 Å². The highest BCUT2D eigenvalue weighted by Gasteiger charge is 2.16. The van der Waals surface area contributed by atoms with E-state index in [0.717, 1.165) is 24.6 Å². The Morgan fingerprint density at radius 3 is 2.93 bits per heavy atom. The number of hydrogen-bond acceptors (Lipinski definition) is 5. The fourth-order valence-electron chi connectivity index (χ4n) is 3.64. The van der Waals surface area contributed by atoms with Crippen molar-refractivity contribution in [2.24, 2.45) is 5.92 Å². The minimum Gasteiger partial charge on any atom is -0.292 e. The van der Waals surface area contributed by atoms with Crippen molar-refractivity contribution in [1.82, 2.24) is 24.7 Å². The number of amides is 1. The number of benzene rings is 1. The van der Waals surface area contributed by atoms with E-state index in [1.165, 1.54) is 36.6 Å². The standard InChI is InChI=1S/C19H22N6O2/c26-17(11-25-12-20-15-8-4-3-7-14(15)18(25)27)22-19-21-16(23-24-19)10-9-13-5-1-2-6-13/h3-4,7-8,12-13H,1-2,5-6,9-11H2,(H2,21,22,23,24,26). The average molecular weight is 366 g/mol. The van der Waals surface area contributed by atoms with Crippen molar-refractivity contribution in [3.05, 3.63) is 46.8 Å². The van der Waals surface area contributed by atoms with Crippen molar-refractivity contribution < 1.29 is 4.79 Å². The van der Waals surface area contributed by atoms with Gasteiger partial charge in [-0.3, -0.25) is 24.6 Å². The van der Waals surface area contributed by atoms with E-state index in [2.05, 4.69) is 25.5 Å². The molecule has 0 unspecified atom stereocenters. The molecule has 0 spiro atoms. The number of nitrogens with zero attached hydrogens (tertiary/aromatic N) is 4. The first-order chi connectivity index (χ1) is 13.2. The fourth-order valence-corrected chi connectivity index (χ4v) is 3.64. The Bertz CT molecular complexity index is 1000. The van der Waals surface area contributed by atoms with E-state index in [0.29, 0.717) is 10.9 Å². The maximum atomic E-state index is 12.4. The van der Waals surface area contributed by atoms with Crippen LogP contribution in [-0.4, -0.2) is 30.6 Å². The molecule has 1 saturated carbocycles. The van der Waals surface area contributed by atoms with Gasteiger partial charge in [0.15, 0.2) is 0 Å². The zero-order chi connectivity index (χ0) is 18.6. The van der Waals surface area contributed by atoms with Crippen LogP contribution in [0.25, 0.3) is 10.9 Å². The summed E-state index contributed by atoms with van der Waals surface area (Å²) in [5.41, 5.74) is 0.364. The highest BCUT2D eigenvalue weighted by atomic mass is 16.2. The fraction of sp³-hybridized carbons (Fsp3) is 0.421. The lowest BCUT2D eigenvalue weighted by Gasteiger charge is -2.06. The van der Waals surface area contributed by atoms with Gasteiger partial charge in [-0.05, 0) is 24.5 Å². The molecule has 27 heavy (non-hydrogen) atoms. The van der Waals surface area contributed by atoms with Crippen LogP contribution in [0.5, 0.6) is 0 Å². The minimum absolute atomic E-state index is 0.136. The van der Waals surface area contributed by atoms with Gasteiger partial charge in [-0.2, -0.15) is 4.98 Å². The predicted octanol–water partition coefficient (Wildman–Crippen LogP) is 2.28. The van der Waals surface area contributed by atoms with Gasteiger partial charge in [-0.25, -0.2) is 4.98 Å². The second-order valence-corrected chi connectivity index (χ2v) is 7.04. The van der Waals surface area contributed by atoms with E-state index in [9.17, 15) is 9.59 Å². The largest absolute Gasteiger partial charge is 0.292 e. The molecule has 140 valence electrons. The summed E-state index contributed by atoms with van der Waals surface area (Å²) in [6, 6.07) is 7.06. The van der Waals surface area contributed by atoms with Gasteiger partial charge < -0.3 is 0 Å². The van der Waals surface area contributed by atoms with Gasteiger partial charge >= 0.3 is 0 Å². The number of aromatic amines is 1. The van der Waals surface area contributed by atoms with Gasteiger partial charge in [0.25, 0.3) is 5.56 Å². The molecule has 1 aromatic carbocycles. The first-order valence-electron chi connectivity index (χ1n) is 9.34. The number of fused-ring (bicyclic) bond motifs is 1. The second-order valence-electron chi connectivity index (χ2n) is 7.04. The highest BCUT2D eigenvalue weighted by molar-refractivity contribution is 5.89. The number of H-pyrrole nitrogens is 1. The summed E-state index contributed by atoms with van der Waals surface area (Å²) < 4.78 is 1.28. The molecule has 1 aliphatic rings. The third-order valence-corrected chi connectivity index (χ3v) is 5.09. The summed E-state index contributed by atoms with van der Waals surface area (Å²) in [4.78, 5) is 33.2. The number of nitrogens with one attached hydrogen (secondary N) is 2. The summed E-state index contributed by atoms with van der Waals surface area (Å²) in [7, 11) is 0. The molecule has 2 heterocycles.